The van der Waals surface area contributed by atoms with Crippen LogP contribution in [0.2, 0.25) is 0 Å². The lowest BCUT2D eigenvalue weighted by atomic mass is 9.74. The van der Waals surface area contributed by atoms with Gasteiger partial charge in [-0.1, -0.05) is 171 Å². The molecule has 0 unspecified atom stereocenters. The summed E-state index contributed by atoms with van der Waals surface area (Å²) in [6, 6.07) is 55.1. The number of rotatable bonds is 3. The SMILES string of the molecule is C=CCCCC.c1ccc2c(c1)c1c3ccccc3c3c4ccccc4c4c5ccccc5c5c6ccccc6c6c7ccccc7c2c2c1c3c4c5c62. The summed E-state index contributed by atoms with van der Waals surface area (Å²) in [5, 5.41) is 32.9. The van der Waals surface area contributed by atoms with Gasteiger partial charge in [0.05, 0.1) is 0 Å². The molecular formula is C54H36. The van der Waals surface area contributed by atoms with E-state index < -0.39 is 0 Å². The van der Waals surface area contributed by atoms with Crippen LogP contribution in [0.3, 0.4) is 0 Å². The summed E-state index contributed by atoms with van der Waals surface area (Å²) in [5.41, 5.74) is 0. The molecule has 0 aliphatic rings. The Labute approximate surface area is 312 Å². The lowest BCUT2D eigenvalue weighted by Crippen LogP contribution is -1.99. The Kier molecular flexibility index (Phi) is 6.12. The van der Waals surface area contributed by atoms with Crippen molar-refractivity contribution in [3.8, 4) is 0 Å². The molecule has 0 saturated carbocycles. The molecule has 0 aromatic heterocycles. The fourth-order valence-corrected chi connectivity index (χ4v) is 10.6. The maximum absolute atomic E-state index is 3.60. The molecule has 0 radical (unpaired) electrons. The first-order valence-electron chi connectivity index (χ1n) is 19.5. The minimum absolute atomic E-state index is 1.18. The van der Waals surface area contributed by atoms with Crippen molar-refractivity contribution in [3.63, 3.8) is 0 Å². The third kappa shape index (κ3) is 3.59. The molecule has 13 aromatic rings. The zero-order valence-electron chi connectivity index (χ0n) is 30.3. The van der Waals surface area contributed by atoms with Crippen LogP contribution in [0.15, 0.2) is 158 Å². The quantitative estimate of drug-likeness (QED) is 0.0752. The van der Waals surface area contributed by atoms with Crippen LogP contribution < -0.4 is 0 Å². The van der Waals surface area contributed by atoms with Crippen LogP contribution in [-0.4, -0.2) is 0 Å². The lowest BCUT2D eigenvalue weighted by Gasteiger charge is -2.28. The maximum atomic E-state index is 3.60. The molecule has 0 nitrogen and oxygen atoms in total. The third-order valence-corrected chi connectivity index (χ3v) is 12.6. The van der Waals surface area contributed by atoms with Gasteiger partial charge in [0.2, 0.25) is 0 Å². The standard InChI is InChI=1S/C48H24.C6H12/c1-2-14-26-25(13-1)37-27-15-3-4-16-28(27)39-31-19-7-8-20-32(31)41-34-22-10-12-24-36(34)42-35-23-11-9-21-33(35)40-30-18-6-5-17-29(30)38(26)44-43(37)45(39)47(41)48(42)46(40)44;1-3-5-6-4-2/h1-24H;3H,1,4-6H2,2H3. The molecule has 0 saturated heterocycles. The molecule has 0 heterocycles. The molecule has 0 bridgehead atoms. The summed E-state index contributed by atoms with van der Waals surface area (Å²) in [6.07, 6.45) is 5.72. The van der Waals surface area contributed by atoms with E-state index in [-0.39, 0.29) is 0 Å². The van der Waals surface area contributed by atoms with Crippen molar-refractivity contribution in [2.24, 2.45) is 0 Å². The number of benzene rings is 13. The van der Waals surface area contributed by atoms with Crippen LogP contribution in [0.1, 0.15) is 26.2 Å². The molecule has 13 rings (SSSR count). The van der Waals surface area contributed by atoms with E-state index in [1.165, 1.54) is 149 Å². The Morgan fingerprint density at radius 2 is 0.463 bits per heavy atom. The second kappa shape index (κ2) is 11.0. The van der Waals surface area contributed by atoms with E-state index >= 15 is 0 Å². The van der Waals surface area contributed by atoms with E-state index in [1.54, 1.807) is 0 Å². The molecule has 252 valence electrons. The average Bonchev–Trinajstić information content (AvgIpc) is 3.24. The van der Waals surface area contributed by atoms with Crippen molar-refractivity contribution >= 4 is 129 Å². The van der Waals surface area contributed by atoms with Gasteiger partial charge in [-0.2, -0.15) is 0 Å². The van der Waals surface area contributed by atoms with Gasteiger partial charge in [0.1, 0.15) is 0 Å². The van der Waals surface area contributed by atoms with Crippen molar-refractivity contribution in [3.05, 3.63) is 158 Å². The summed E-state index contributed by atoms with van der Waals surface area (Å²) >= 11 is 0. The number of unbranched alkanes of at least 4 members (excludes halogenated alkanes) is 2. The Hall–Kier alpha value is -6.50. The topological polar surface area (TPSA) is 0 Å². The molecule has 0 fully saturated rings. The van der Waals surface area contributed by atoms with E-state index in [1.807, 2.05) is 6.08 Å². The van der Waals surface area contributed by atoms with Crippen LogP contribution in [0.25, 0.3) is 129 Å². The zero-order valence-corrected chi connectivity index (χ0v) is 30.3. The van der Waals surface area contributed by atoms with E-state index in [4.69, 9.17) is 0 Å². The predicted molar refractivity (Wildman–Crippen MR) is 240 cm³/mol. The van der Waals surface area contributed by atoms with Crippen molar-refractivity contribution in [2.45, 2.75) is 26.2 Å². The molecule has 0 aliphatic carbocycles. The summed E-state index contributed by atoms with van der Waals surface area (Å²) in [6.45, 7) is 5.78. The van der Waals surface area contributed by atoms with Crippen LogP contribution in [0, 0.1) is 0 Å². The second-order valence-corrected chi connectivity index (χ2v) is 15.2. The molecule has 0 atom stereocenters. The Morgan fingerprint density at radius 3 is 0.574 bits per heavy atom. The first-order valence-corrected chi connectivity index (χ1v) is 19.5. The number of hydrogen-bond donors (Lipinski definition) is 0. The zero-order chi connectivity index (χ0) is 35.7. The Bertz CT molecular complexity index is 2840. The third-order valence-electron chi connectivity index (χ3n) is 12.6. The van der Waals surface area contributed by atoms with Crippen LogP contribution in [-0.2, 0) is 0 Å². The Balaban J connectivity index is 0.000000505. The summed E-state index contributed by atoms with van der Waals surface area (Å²) < 4.78 is 0. The van der Waals surface area contributed by atoms with E-state index in [0.29, 0.717) is 0 Å². The van der Waals surface area contributed by atoms with Crippen molar-refractivity contribution in [1.82, 2.24) is 0 Å². The minimum Gasteiger partial charge on any atom is -0.103 e. The number of allylic oxidation sites excluding steroid dienone is 1. The summed E-state index contributed by atoms with van der Waals surface area (Å²) in [4.78, 5) is 0. The molecule has 0 aliphatic heterocycles. The van der Waals surface area contributed by atoms with Crippen molar-refractivity contribution < 1.29 is 0 Å². The summed E-state index contributed by atoms with van der Waals surface area (Å²) in [5.74, 6) is 0. The minimum atomic E-state index is 1.18. The van der Waals surface area contributed by atoms with Crippen LogP contribution in [0.4, 0.5) is 0 Å². The van der Waals surface area contributed by atoms with Gasteiger partial charge >= 0.3 is 0 Å². The molecule has 0 heteroatoms. The van der Waals surface area contributed by atoms with Gasteiger partial charge in [-0.05, 0) is 136 Å². The highest BCUT2D eigenvalue weighted by Gasteiger charge is 2.30. The molecule has 13 aromatic carbocycles. The smallest absolute Gasteiger partial charge is 0.0000476 e. The van der Waals surface area contributed by atoms with Gasteiger partial charge < -0.3 is 0 Å². The fourth-order valence-electron chi connectivity index (χ4n) is 10.6. The molecule has 54 heavy (non-hydrogen) atoms. The summed E-state index contributed by atoms with van der Waals surface area (Å²) in [7, 11) is 0. The van der Waals surface area contributed by atoms with E-state index in [0.717, 1.165) is 0 Å². The number of fused-ring (bicyclic) bond motifs is 18. The first kappa shape index (κ1) is 30.0. The molecule has 0 spiro atoms. The van der Waals surface area contributed by atoms with Crippen molar-refractivity contribution in [1.29, 1.82) is 0 Å². The molecule has 0 N–H and O–H groups in total. The number of hydrogen-bond acceptors (Lipinski definition) is 0. The lowest BCUT2D eigenvalue weighted by molar-refractivity contribution is 0.816. The normalized spacial score (nSPS) is 12.5. The van der Waals surface area contributed by atoms with Gasteiger partial charge in [0.15, 0.2) is 0 Å². The van der Waals surface area contributed by atoms with Gasteiger partial charge in [-0.25, -0.2) is 0 Å². The fraction of sp³-hybridized carbons (Fsp3) is 0.0741. The maximum Gasteiger partial charge on any atom is -0.0000476 e. The molecule has 0 amide bonds. The van der Waals surface area contributed by atoms with Crippen LogP contribution >= 0.6 is 0 Å². The van der Waals surface area contributed by atoms with E-state index in [9.17, 15) is 0 Å². The van der Waals surface area contributed by atoms with Gasteiger partial charge in [0.25, 0.3) is 0 Å². The largest absolute Gasteiger partial charge is 0.103 e. The second-order valence-electron chi connectivity index (χ2n) is 15.2. The highest BCUT2D eigenvalue weighted by Crippen LogP contribution is 2.59. The van der Waals surface area contributed by atoms with Crippen LogP contribution in [0.5, 0.6) is 0 Å². The van der Waals surface area contributed by atoms with Crippen molar-refractivity contribution in [2.75, 3.05) is 0 Å². The predicted octanol–water partition coefficient (Wildman–Crippen LogP) is 16.2. The Morgan fingerprint density at radius 1 is 0.296 bits per heavy atom. The highest BCUT2D eigenvalue weighted by atomic mass is 14.3. The average molecular weight is 685 g/mol. The van der Waals surface area contributed by atoms with Gasteiger partial charge in [-0.3, -0.25) is 0 Å². The first-order chi connectivity index (χ1) is 26.8. The monoisotopic (exact) mass is 684 g/mol. The molecular weight excluding hydrogens is 649 g/mol. The van der Waals surface area contributed by atoms with E-state index in [2.05, 4.69) is 159 Å². The van der Waals surface area contributed by atoms with Gasteiger partial charge in [0, 0.05) is 0 Å². The van der Waals surface area contributed by atoms with Gasteiger partial charge in [-0.15, -0.1) is 6.58 Å². The highest BCUT2D eigenvalue weighted by molar-refractivity contribution is 6.60.